The highest BCUT2D eigenvalue weighted by Crippen LogP contribution is 2.15. The van der Waals surface area contributed by atoms with Gasteiger partial charge in [0.2, 0.25) is 10.0 Å². The molecule has 0 aliphatic carbocycles. The summed E-state index contributed by atoms with van der Waals surface area (Å²) < 4.78 is 25.9. The highest BCUT2D eigenvalue weighted by molar-refractivity contribution is 7.88. The quantitative estimate of drug-likeness (QED) is 0.815. The van der Waals surface area contributed by atoms with Crippen LogP contribution in [0.15, 0.2) is 24.3 Å². The molecule has 0 radical (unpaired) electrons. The minimum absolute atomic E-state index is 0.0104. The summed E-state index contributed by atoms with van der Waals surface area (Å²) in [7, 11) is -1.71. The lowest BCUT2D eigenvalue weighted by atomic mass is 10.1. The molecule has 0 saturated heterocycles. The molecule has 4 nitrogen and oxygen atoms in total. The number of hydrogen-bond acceptors (Lipinski definition) is 3. The Morgan fingerprint density at radius 3 is 2.63 bits per heavy atom. The Hall–Kier alpha value is -0.980. The van der Waals surface area contributed by atoms with Crippen molar-refractivity contribution in [2.45, 2.75) is 32.1 Å². The number of nitrogens with zero attached hydrogens (tertiary/aromatic N) is 1. The Balaban J connectivity index is 2.95. The molecule has 0 aliphatic rings. The molecule has 106 valence electrons. The summed E-state index contributed by atoms with van der Waals surface area (Å²) in [5.74, 6) is -0.0374. The van der Waals surface area contributed by atoms with Crippen molar-refractivity contribution in [3.8, 4) is 0 Å². The second-order valence-electron chi connectivity index (χ2n) is 4.59. The average Bonchev–Trinajstić information content (AvgIpc) is 2.36. The first-order valence-electron chi connectivity index (χ1n) is 6.12. The Labute approximate surface area is 120 Å². The highest BCUT2D eigenvalue weighted by atomic mass is 32.2. The fraction of sp³-hybridized carbons (Fsp3) is 0.462. The van der Waals surface area contributed by atoms with E-state index in [4.69, 9.17) is 18.0 Å². The van der Waals surface area contributed by atoms with E-state index in [1.54, 1.807) is 31.3 Å². The molecule has 6 heteroatoms. The van der Waals surface area contributed by atoms with Gasteiger partial charge in [0.25, 0.3) is 0 Å². The predicted octanol–water partition coefficient (Wildman–Crippen LogP) is 1.88. The normalized spacial score (nSPS) is 13.5. The van der Waals surface area contributed by atoms with Crippen molar-refractivity contribution in [2.24, 2.45) is 5.73 Å². The molecule has 0 aromatic heterocycles. The van der Waals surface area contributed by atoms with Crippen molar-refractivity contribution in [3.63, 3.8) is 0 Å². The highest BCUT2D eigenvalue weighted by Gasteiger charge is 2.22. The van der Waals surface area contributed by atoms with Gasteiger partial charge in [-0.1, -0.05) is 37.3 Å². The second-order valence-corrected chi connectivity index (χ2v) is 7.06. The SMILES string of the molecule is CCC(C)N(C)S(=O)(=O)Cc1cccc(C(N)=S)c1. The number of hydrogen-bond donors (Lipinski definition) is 1. The molecule has 0 spiro atoms. The van der Waals surface area contributed by atoms with E-state index in [1.165, 1.54) is 4.31 Å². The van der Waals surface area contributed by atoms with E-state index in [0.29, 0.717) is 11.1 Å². The Morgan fingerprint density at radius 1 is 1.47 bits per heavy atom. The van der Waals surface area contributed by atoms with Crippen LogP contribution in [0.4, 0.5) is 0 Å². The van der Waals surface area contributed by atoms with Gasteiger partial charge in [0, 0.05) is 18.7 Å². The van der Waals surface area contributed by atoms with E-state index in [2.05, 4.69) is 0 Å². The monoisotopic (exact) mass is 300 g/mol. The molecule has 0 bridgehead atoms. The van der Waals surface area contributed by atoms with E-state index in [1.807, 2.05) is 13.8 Å². The van der Waals surface area contributed by atoms with Crippen molar-refractivity contribution >= 4 is 27.2 Å². The summed E-state index contributed by atoms with van der Waals surface area (Å²) in [4.78, 5) is 0.273. The van der Waals surface area contributed by atoms with E-state index in [0.717, 1.165) is 6.42 Å². The van der Waals surface area contributed by atoms with E-state index in [9.17, 15) is 8.42 Å². The van der Waals surface area contributed by atoms with Crippen LogP contribution in [0.2, 0.25) is 0 Å². The molecule has 19 heavy (non-hydrogen) atoms. The molecule has 0 amide bonds. The molecular weight excluding hydrogens is 280 g/mol. The molecule has 1 rings (SSSR count). The zero-order valence-corrected chi connectivity index (χ0v) is 13.1. The fourth-order valence-electron chi connectivity index (χ4n) is 1.66. The molecular formula is C13H20N2O2S2. The van der Waals surface area contributed by atoms with Gasteiger partial charge in [-0.05, 0) is 25.0 Å². The van der Waals surface area contributed by atoms with Crippen LogP contribution >= 0.6 is 12.2 Å². The molecule has 0 aliphatic heterocycles. The number of sulfonamides is 1. The maximum Gasteiger partial charge on any atom is 0.218 e. The lowest BCUT2D eigenvalue weighted by molar-refractivity contribution is 0.380. The molecule has 0 fully saturated rings. The van der Waals surface area contributed by atoms with E-state index >= 15 is 0 Å². The van der Waals surface area contributed by atoms with Gasteiger partial charge in [-0.3, -0.25) is 0 Å². The second kappa shape index (κ2) is 6.45. The Morgan fingerprint density at radius 2 is 2.11 bits per heavy atom. The van der Waals surface area contributed by atoms with Crippen LogP contribution in [0.1, 0.15) is 31.4 Å². The Bertz CT molecular complexity index is 556. The zero-order valence-electron chi connectivity index (χ0n) is 11.5. The standard InChI is InChI=1S/C13H20N2O2S2/c1-4-10(2)15(3)19(16,17)9-11-6-5-7-12(8-11)13(14)18/h5-8,10H,4,9H2,1-3H3,(H2,14,18). The van der Waals surface area contributed by atoms with Crippen LogP contribution in [0.3, 0.4) is 0 Å². The van der Waals surface area contributed by atoms with Crippen LogP contribution in [0.25, 0.3) is 0 Å². The van der Waals surface area contributed by atoms with Crippen molar-refractivity contribution in [2.75, 3.05) is 7.05 Å². The third-order valence-corrected chi connectivity index (χ3v) is 5.38. The molecule has 1 unspecified atom stereocenters. The summed E-state index contributed by atoms with van der Waals surface area (Å²) in [6.07, 6.45) is 0.780. The van der Waals surface area contributed by atoms with Gasteiger partial charge in [-0.15, -0.1) is 0 Å². The van der Waals surface area contributed by atoms with Gasteiger partial charge in [0.05, 0.1) is 5.75 Å². The average molecular weight is 300 g/mol. The third kappa shape index (κ3) is 4.26. The zero-order chi connectivity index (χ0) is 14.6. The topological polar surface area (TPSA) is 63.4 Å². The molecule has 0 heterocycles. The van der Waals surface area contributed by atoms with E-state index < -0.39 is 10.0 Å². The lowest BCUT2D eigenvalue weighted by Crippen LogP contribution is -2.35. The number of nitrogens with two attached hydrogens (primary N) is 1. The van der Waals surface area contributed by atoms with Gasteiger partial charge in [0.1, 0.15) is 4.99 Å². The van der Waals surface area contributed by atoms with Crippen LogP contribution in [0.5, 0.6) is 0 Å². The first-order chi connectivity index (χ1) is 8.77. The van der Waals surface area contributed by atoms with E-state index in [-0.39, 0.29) is 16.8 Å². The minimum Gasteiger partial charge on any atom is -0.389 e. The van der Waals surface area contributed by atoms with Crippen LogP contribution in [-0.2, 0) is 15.8 Å². The molecule has 2 N–H and O–H groups in total. The van der Waals surface area contributed by atoms with Gasteiger partial charge >= 0.3 is 0 Å². The van der Waals surface area contributed by atoms with Gasteiger partial charge < -0.3 is 5.73 Å². The molecule has 1 atom stereocenters. The third-order valence-electron chi connectivity index (χ3n) is 3.21. The summed E-state index contributed by atoms with van der Waals surface area (Å²) >= 11 is 4.89. The van der Waals surface area contributed by atoms with Crippen molar-refractivity contribution < 1.29 is 8.42 Å². The minimum atomic E-state index is -3.32. The summed E-state index contributed by atoms with van der Waals surface area (Å²) in [6.45, 7) is 3.85. The van der Waals surface area contributed by atoms with Gasteiger partial charge in [-0.25, -0.2) is 12.7 Å². The van der Waals surface area contributed by atoms with Gasteiger partial charge in [0.15, 0.2) is 0 Å². The van der Waals surface area contributed by atoms with Crippen molar-refractivity contribution in [1.82, 2.24) is 4.31 Å². The maximum atomic E-state index is 12.2. The Kier molecular flexibility index (Phi) is 5.46. The summed E-state index contributed by atoms with van der Waals surface area (Å²) in [6, 6.07) is 7.02. The predicted molar refractivity (Wildman–Crippen MR) is 82.5 cm³/mol. The first kappa shape index (κ1) is 16.1. The van der Waals surface area contributed by atoms with Crippen molar-refractivity contribution in [1.29, 1.82) is 0 Å². The smallest absolute Gasteiger partial charge is 0.218 e. The van der Waals surface area contributed by atoms with Gasteiger partial charge in [-0.2, -0.15) is 0 Å². The number of thiocarbonyl (C=S) groups is 1. The number of benzene rings is 1. The molecule has 1 aromatic carbocycles. The first-order valence-corrected chi connectivity index (χ1v) is 8.14. The maximum absolute atomic E-state index is 12.2. The largest absolute Gasteiger partial charge is 0.389 e. The summed E-state index contributed by atoms with van der Waals surface area (Å²) in [5.41, 5.74) is 6.93. The van der Waals surface area contributed by atoms with Crippen LogP contribution in [-0.4, -0.2) is 30.8 Å². The number of rotatable bonds is 6. The van der Waals surface area contributed by atoms with Crippen molar-refractivity contribution in [3.05, 3.63) is 35.4 Å². The fourth-order valence-corrected chi connectivity index (χ4v) is 3.29. The lowest BCUT2D eigenvalue weighted by Gasteiger charge is -2.23. The van der Waals surface area contributed by atoms with Crippen LogP contribution in [0, 0.1) is 0 Å². The summed E-state index contributed by atoms with van der Waals surface area (Å²) in [5, 5.41) is 0. The molecule has 1 aromatic rings. The van der Waals surface area contributed by atoms with Crippen LogP contribution < -0.4 is 5.73 Å². The molecule has 0 saturated carbocycles.